The van der Waals surface area contributed by atoms with Gasteiger partial charge in [-0.05, 0) is 51.2 Å². The van der Waals surface area contributed by atoms with Crippen molar-refractivity contribution in [2.24, 2.45) is 0 Å². The molecule has 0 bridgehead atoms. The number of carbonyl (C=O) groups is 1. The Kier molecular flexibility index (Phi) is 6.14. The summed E-state index contributed by atoms with van der Waals surface area (Å²) in [5, 5.41) is 3.88. The Hall–Kier alpha value is -2.08. The predicted molar refractivity (Wildman–Crippen MR) is 108 cm³/mol. The highest BCUT2D eigenvalue weighted by Gasteiger charge is 2.14. The molecule has 1 saturated heterocycles. The summed E-state index contributed by atoms with van der Waals surface area (Å²) in [6.07, 6.45) is 5.31. The molecule has 0 aliphatic carbocycles. The number of carbonyl (C=O) groups excluding carboxylic acids is 1. The summed E-state index contributed by atoms with van der Waals surface area (Å²) in [7, 11) is 0. The molecular weight excluding hydrogens is 344 g/mol. The summed E-state index contributed by atoms with van der Waals surface area (Å²) in [5.41, 5.74) is 4.31. The molecule has 138 valence electrons. The van der Waals surface area contributed by atoms with Crippen LogP contribution in [0.25, 0.3) is 0 Å². The van der Waals surface area contributed by atoms with Crippen LogP contribution in [0.5, 0.6) is 0 Å². The molecule has 1 N–H and O–H groups in total. The van der Waals surface area contributed by atoms with E-state index in [0.29, 0.717) is 5.75 Å². The molecule has 0 unspecified atom stereocenters. The van der Waals surface area contributed by atoms with Gasteiger partial charge in [-0.1, -0.05) is 29.5 Å². The Bertz CT molecular complexity index is 764. The highest BCUT2D eigenvalue weighted by molar-refractivity contribution is 7.99. The minimum absolute atomic E-state index is 0.0109. The SMILES string of the molecule is Cc1cc(C)c(NC(=O)CSc2cc(N3CCCCC3)ncn2)c(C)c1. The van der Waals surface area contributed by atoms with Crippen molar-refractivity contribution >= 4 is 29.2 Å². The maximum atomic E-state index is 12.4. The zero-order chi connectivity index (χ0) is 18.5. The van der Waals surface area contributed by atoms with Gasteiger partial charge in [-0.15, -0.1) is 0 Å². The lowest BCUT2D eigenvalue weighted by atomic mass is 10.1. The number of aromatic nitrogens is 2. The van der Waals surface area contributed by atoms with Crippen LogP contribution in [0.3, 0.4) is 0 Å². The Morgan fingerprint density at radius 3 is 2.46 bits per heavy atom. The van der Waals surface area contributed by atoms with Gasteiger partial charge < -0.3 is 10.2 Å². The number of benzene rings is 1. The highest BCUT2D eigenvalue weighted by Crippen LogP contribution is 2.24. The normalized spacial score (nSPS) is 14.3. The Morgan fingerprint density at radius 2 is 1.77 bits per heavy atom. The molecule has 1 amide bonds. The first-order valence-corrected chi connectivity index (χ1v) is 10.1. The van der Waals surface area contributed by atoms with E-state index in [-0.39, 0.29) is 5.91 Å². The summed E-state index contributed by atoms with van der Waals surface area (Å²) < 4.78 is 0. The molecule has 5 nitrogen and oxygen atoms in total. The standard InChI is InChI=1S/C20H26N4OS/c1-14-9-15(2)20(16(3)10-14)23-18(25)12-26-19-11-17(21-13-22-19)24-7-5-4-6-8-24/h9-11,13H,4-8,12H2,1-3H3,(H,23,25). The topological polar surface area (TPSA) is 58.1 Å². The van der Waals surface area contributed by atoms with Crippen LogP contribution < -0.4 is 10.2 Å². The number of amides is 1. The van der Waals surface area contributed by atoms with Crippen molar-refractivity contribution in [3.63, 3.8) is 0 Å². The molecule has 1 aromatic heterocycles. The van der Waals surface area contributed by atoms with Gasteiger partial charge >= 0.3 is 0 Å². The van der Waals surface area contributed by atoms with Crippen LogP contribution >= 0.6 is 11.8 Å². The molecule has 1 aromatic carbocycles. The van der Waals surface area contributed by atoms with Gasteiger partial charge in [0.1, 0.15) is 17.2 Å². The quantitative estimate of drug-likeness (QED) is 0.634. The average molecular weight is 371 g/mol. The van der Waals surface area contributed by atoms with Gasteiger partial charge in [0.05, 0.1) is 5.75 Å². The molecule has 2 aromatic rings. The summed E-state index contributed by atoms with van der Waals surface area (Å²) in [6, 6.07) is 6.17. The van der Waals surface area contributed by atoms with E-state index in [0.717, 1.165) is 40.7 Å². The molecule has 26 heavy (non-hydrogen) atoms. The number of aryl methyl sites for hydroxylation is 3. The average Bonchev–Trinajstić information content (AvgIpc) is 2.64. The largest absolute Gasteiger partial charge is 0.356 e. The van der Waals surface area contributed by atoms with E-state index in [2.05, 4.69) is 39.2 Å². The van der Waals surface area contributed by atoms with Crippen molar-refractivity contribution in [2.75, 3.05) is 29.1 Å². The van der Waals surface area contributed by atoms with E-state index in [1.165, 1.54) is 36.6 Å². The molecule has 0 saturated carbocycles. The number of piperidine rings is 1. The molecule has 1 fully saturated rings. The number of nitrogens with zero attached hydrogens (tertiary/aromatic N) is 3. The third-order valence-corrected chi connectivity index (χ3v) is 5.53. The van der Waals surface area contributed by atoms with Crippen LogP contribution in [0.4, 0.5) is 11.5 Å². The number of thioether (sulfide) groups is 1. The number of rotatable bonds is 5. The second-order valence-electron chi connectivity index (χ2n) is 6.87. The Balaban J connectivity index is 1.59. The van der Waals surface area contributed by atoms with E-state index in [1.807, 2.05) is 19.9 Å². The number of nitrogens with one attached hydrogen (secondary N) is 1. The summed E-state index contributed by atoms with van der Waals surface area (Å²) >= 11 is 1.45. The van der Waals surface area contributed by atoms with Gasteiger partial charge in [-0.25, -0.2) is 9.97 Å². The predicted octanol–water partition coefficient (Wildman–Crippen LogP) is 4.12. The zero-order valence-electron chi connectivity index (χ0n) is 15.7. The molecule has 2 heterocycles. The van der Waals surface area contributed by atoms with E-state index in [4.69, 9.17) is 0 Å². The fraction of sp³-hybridized carbons (Fsp3) is 0.450. The Labute approximate surface area is 159 Å². The van der Waals surface area contributed by atoms with Crippen LogP contribution in [0.15, 0.2) is 29.6 Å². The van der Waals surface area contributed by atoms with E-state index in [9.17, 15) is 4.79 Å². The second-order valence-corrected chi connectivity index (χ2v) is 7.87. The summed E-state index contributed by atoms with van der Waals surface area (Å²) in [4.78, 5) is 23.4. The maximum Gasteiger partial charge on any atom is 0.234 e. The van der Waals surface area contributed by atoms with E-state index < -0.39 is 0 Å². The number of anilines is 2. The van der Waals surface area contributed by atoms with Gasteiger partial charge in [0.2, 0.25) is 5.91 Å². The van der Waals surface area contributed by atoms with E-state index in [1.54, 1.807) is 6.33 Å². The minimum atomic E-state index is -0.0109. The van der Waals surface area contributed by atoms with Crippen molar-refractivity contribution in [2.45, 2.75) is 45.1 Å². The molecule has 3 rings (SSSR count). The first-order chi connectivity index (χ1) is 12.5. The van der Waals surface area contributed by atoms with Gasteiger partial charge in [-0.3, -0.25) is 4.79 Å². The van der Waals surface area contributed by atoms with Gasteiger partial charge in [0.15, 0.2) is 0 Å². The first kappa shape index (κ1) is 18.7. The van der Waals surface area contributed by atoms with Crippen LogP contribution in [0.1, 0.15) is 36.0 Å². The van der Waals surface area contributed by atoms with Crippen LogP contribution in [-0.2, 0) is 4.79 Å². The van der Waals surface area contributed by atoms with Crippen molar-refractivity contribution in [3.05, 3.63) is 41.2 Å². The molecule has 6 heteroatoms. The summed E-state index contributed by atoms with van der Waals surface area (Å²) in [6.45, 7) is 8.22. The molecule has 0 radical (unpaired) electrons. The second kappa shape index (κ2) is 8.54. The lowest BCUT2D eigenvalue weighted by Gasteiger charge is -2.27. The van der Waals surface area contributed by atoms with Crippen LogP contribution in [-0.4, -0.2) is 34.7 Å². The molecule has 0 atom stereocenters. The van der Waals surface area contributed by atoms with Gasteiger partial charge in [-0.2, -0.15) is 0 Å². The third-order valence-electron chi connectivity index (χ3n) is 4.60. The molecule has 1 aliphatic heterocycles. The smallest absolute Gasteiger partial charge is 0.234 e. The lowest BCUT2D eigenvalue weighted by molar-refractivity contribution is -0.113. The number of hydrogen-bond acceptors (Lipinski definition) is 5. The third kappa shape index (κ3) is 4.75. The minimum Gasteiger partial charge on any atom is -0.356 e. The highest BCUT2D eigenvalue weighted by atomic mass is 32.2. The van der Waals surface area contributed by atoms with Crippen molar-refractivity contribution in [1.82, 2.24) is 9.97 Å². The Morgan fingerprint density at radius 1 is 1.08 bits per heavy atom. The fourth-order valence-electron chi connectivity index (χ4n) is 3.40. The van der Waals surface area contributed by atoms with Crippen molar-refractivity contribution in [1.29, 1.82) is 0 Å². The van der Waals surface area contributed by atoms with Gasteiger partial charge in [0.25, 0.3) is 0 Å². The molecular formula is C20H26N4OS. The maximum absolute atomic E-state index is 12.4. The van der Waals surface area contributed by atoms with Crippen LogP contribution in [0.2, 0.25) is 0 Å². The number of hydrogen-bond donors (Lipinski definition) is 1. The lowest BCUT2D eigenvalue weighted by Crippen LogP contribution is -2.30. The van der Waals surface area contributed by atoms with Crippen molar-refractivity contribution < 1.29 is 4.79 Å². The van der Waals surface area contributed by atoms with E-state index >= 15 is 0 Å². The summed E-state index contributed by atoms with van der Waals surface area (Å²) in [5.74, 6) is 1.29. The fourth-order valence-corrected chi connectivity index (χ4v) is 4.06. The molecule has 1 aliphatic rings. The molecule has 0 spiro atoms. The van der Waals surface area contributed by atoms with Crippen molar-refractivity contribution in [3.8, 4) is 0 Å². The first-order valence-electron chi connectivity index (χ1n) is 9.10. The monoisotopic (exact) mass is 370 g/mol. The van der Waals surface area contributed by atoms with Crippen LogP contribution in [0, 0.1) is 20.8 Å². The van der Waals surface area contributed by atoms with Gasteiger partial charge in [0, 0.05) is 24.8 Å². The zero-order valence-corrected chi connectivity index (χ0v) is 16.5.